The molecule has 0 radical (unpaired) electrons. The predicted molar refractivity (Wildman–Crippen MR) is 94.1 cm³/mol. The van der Waals surface area contributed by atoms with E-state index in [9.17, 15) is 23.5 Å². The zero-order chi connectivity index (χ0) is 19.5. The van der Waals surface area contributed by atoms with Crippen LogP contribution in [0.1, 0.15) is 36.7 Å². The van der Waals surface area contributed by atoms with Crippen molar-refractivity contribution in [1.29, 1.82) is 0 Å². The van der Waals surface area contributed by atoms with Gasteiger partial charge in [0.25, 0.3) is 5.91 Å². The number of benzene rings is 2. The zero-order valence-electron chi connectivity index (χ0n) is 14.7. The molecule has 0 saturated carbocycles. The van der Waals surface area contributed by atoms with Gasteiger partial charge in [-0.05, 0) is 35.2 Å². The Morgan fingerprint density at radius 3 is 2.23 bits per heavy atom. The first kappa shape index (κ1) is 19.4. The molecule has 2 aromatic rings. The quantitative estimate of drug-likeness (QED) is 0.730. The molecule has 0 spiro atoms. The Morgan fingerprint density at radius 2 is 1.65 bits per heavy atom. The molecule has 138 valence electrons. The van der Waals surface area contributed by atoms with Gasteiger partial charge in [0.15, 0.2) is 0 Å². The zero-order valence-corrected chi connectivity index (χ0v) is 14.7. The van der Waals surface area contributed by atoms with Gasteiger partial charge in [-0.2, -0.15) is 0 Å². The van der Waals surface area contributed by atoms with Crippen molar-refractivity contribution in [3.8, 4) is 5.75 Å². The van der Waals surface area contributed by atoms with Gasteiger partial charge >= 0.3 is 0 Å². The first-order chi connectivity index (χ1) is 12.1. The molecule has 0 aliphatic carbocycles. The summed E-state index contributed by atoms with van der Waals surface area (Å²) in [7, 11) is 0. The Balaban J connectivity index is 2.02. The Kier molecular flexibility index (Phi) is 5.59. The van der Waals surface area contributed by atoms with Crippen molar-refractivity contribution in [2.45, 2.75) is 26.2 Å². The van der Waals surface area contributed by atoms with E-state index >= 15 is 0 Å². The van der Waals surface area contributed by atoms with Gasteiger partial charge in [0, 0.05) is 11.6 Å². The Bertz CT molecular complexity index is 825. The van der Waals surface area contributed by atoms with Crippen LogP contribution in [0, 0.1) is 11.6 Å². The Labute approximate surface area is 150 Å². The van der Waals surface area contributed by atoms with Crippen LogP contribution in [0.5, 0.6) is 5.75 Å². The highest BCUT2D eigenvalue weighted by molar-refractivity contribution is 5.99. The number of rotatable bonds is 4. The lowest BCUT2D eigenvalue weighted by molar-refractivity contribution is -0.115. The third-order valence-electron chi connectivity index (χ3n) is 3.67. The number of carbonyl (C=O) groups excluding carboxylic acids is 2. The summed E-state index contributed by atoms with van der Waals surface area (Å²) in [4.78, 5) is 23.9. The molecule has 2 amide bonds. The second kappa shape index (κ2) is 7.51. The van der Waals surface area contributed by atoms with Crippen molar-refractivity contribution in [2.75, 3.05) is 11.9 Å². The number of amides is 2. The van der Waals surface area contributed by atoms with Crippen LogP contribution in [0.3, 0.4) is 0 Å². The summed E-state index contributed by atoms with van der Waals surface area (Å²) in [5.41, 5.74) is 0.717. The molecule has 0 aliphatic rings. The van der Waals surface area contributed by atoms with E-state index in [2.05, 4.69) is 10.6 Å². The van der Waals surface area contributed by atoms with Gasteiger partial charge in [0.05, 0.1) is 12.2 Å². The number of phenolic OH excluding ortho intramolecular Hbond substituents is 1. The maximum Gasteiger partial charge on any atom is 0.251 e. The molecule has 7 heteroatoms. The van der Waals surface area contributed by atoms with Gasteiger partial charge in [-0.15, -0.1) is 0 Å². The lowest BCUT2D eigenvalue weighted by Gasteiger charge is -2.20. The molecular weight excluding hydrogens is 342 g/mol. The summed E-state index contributed by atoms with van der Waals surface area (Å²) in [6.07, 6.45) is 0. The second-order valence-corrected chi connectivity index (χ2v) is 6.87. The number of halogens is 2. The van der Waals surface area contributed by atoms with Crippen molar-refractivity contribution in [3.05, 3.63) is 59.2 Å². The summed E-state index contributed by atoms with van der Waals surface area (Å²) in [5, 5.41) is 14.7. The van der Waals surface area contributed by atoms with E-state index < -0.39 is 30.0 Å². The van der Waals surface area contributed by atoms with Crippen LogP contribution in [-0.4, -0.2) is 23.5 Å². The average molecular weight is 362 g/mol. The smallest absolute Gasteiger partial charge is 0.251 e. The number of phenols is 1. The van der Waals surface area contributed by atoms with E-state index in [4.69, 9.17) is 0 Å². The van der Waals surface area contributed by atoms with E-state index in [1.165, 1.54) is 6.07 Å². The molecule has 0 bridgehead atoms. The van der Waals surface area contributed by atoms with E-state index in [-0.39, 0.29) is 22.4 Å². The molecule has 0 fully saturated rings. The molecule has 0 heterocycles. The highest BCUT2D eigenvalue weighted by atomic mass is 19.1. The minimum atomic E-state index is -0.886. The lowest BCUT2D eigenvalue weighted by atomic mass is 9.87. The summed E-state index contributed by atoms with van der Waals surface area (Å²) < 4.78 is 26.3. The number of carbonyl (C=O) groups is 2. The van der Waals surface area contributed by atoms with Crippen LogP contribution >= 0.6 is 0 Å². The first-order valence-electron chi connectivity index (χ1n) is 7.94. The molecule has 5 nitrogen and oxygen atoms in total. The van der Waals surface area contributed by atoms with Crippen molar-refractivity contribution < 1.29 is 23.5 Å². The normalized spacial score (nSPS) is 11.1. The molecule has 3 N–H and O–H groups in total. The lowest BCUT2D eigenvalue weighted by Crippen LogP contribution is -2.33. The number of aromatic hydroxyl groups is 1. The maximum absolute atomic E-state index is 13.1. The topological polar surface area (TPSA) is 78.4 Å². The molecule has 0 unspecified atom stereocenters. The Hall–Kier alpha value is -2.96. The van der Waals surface area contributed by atoms with Gasteiger partial charge in [-0.3, -0.25) is 9.59 Å². The predicted octanol–water partition coefficient (Wildman–Crippen LogP) is 3.34. The fraction of sp³-hybridized carbons (Fsp3) is 0.263. The van der Waals surface area contributed by atoms with Crippen LogP contribution in [0.15, 0.2) is 36.4 Å². The summed E-state index contributed by atoms with van der Waals surface area (Å²) in [6.45, 7) is 5.55. The molecular formula is C19H20F2N2O3. The fourth-order valence-electron chi connectivity index (χ4n) is 2.24. The van der Waals surface area contributed by atoms with Crippen LogP contribution in [0.4, 0.5) is 14.5 Å². The maximum atomic E-state index is 13.1. The van der Waals surface area contributed by atoms with Gasteiger partial charge in [0.2, 0.25) is 5.91 Å². The standard InChI is InChI=1S/C19H20F2N2O3/c1-19(2,3)12-4-5-16(24)15(8-12)23-17(25)10-22-18(26)11-6-13(20)9-14(21)7-11/h4-9,24H,10H2,1-3H3,(H,22,26)(H,23,25). The second-order valence-electron chi connectivity index (χ2n) is 6.87. The molecule has 26 heavy (non-hydrogen) atoms. The SMILES string of the molecule is CC(C)(C)c1ccc(O)c(NC(=O)CNC(=O)c2cc(F)cc(F)c2)c1. The largest absolute Gasteiger partial charge is 0.506 e. The number of hydrogen-bond acceptors (Lipinski definition) is 3. The van der Waals surface area contributed by atoms with Gasteiger partial charge in [-0.1, -0.05) is 26.8 Å². The van der Waals surface area contributed by atoms with Crippen molar-refractivity contribution >= 4 is 17.5 Å². The van der Waals surface area contributed by atoms with Gasteiger partial charge in [0.1, 0.15) is 17.4 Å². The monoisotopic (exact) mass is 362 g/mol. The first-order valence-corrected chi connectivity index (χ1v) is 7.94. The Morgan fingerprint density at radius 1 is 1.04 bits per heavy atom. The van der Waals surface area contributed by atoms with Crippen LogP contribution in [0.25, 0.3) is 0 Å². The number of nitrogens with one attached hydrogen (secondary N) is 2. The number of anilines is 1. The summed E-state index contributed by atoms with van der Waals surface area (Å²) in [5.74, 6) is -3.25. The summed E-state index contributed by atoms with van der Waals surface area (Å²) in [6, 6.07) is 7.27. The fourth-order valence-corrected chi connectivity index (χ4v) is 2.24. The van der Waals surface area contributed by atoms with Crippen molar-refractivity contribution in [3.63, 3.8) is 0 Å². The van der Waals surface area contributed by atoms with Crippen LogP contribution in [0.2, 0.25) is 0 Å². The third kappa shape index (κ3) is 5.02. The van der Waals surface area contributed by atoms with E-state index in [1.807, 2.05) is 20.8 Å². The molecule has 0 saturated heterocycles. The highest BCUT2D eigenvalue weighted by Crippen LogP contribution is 2.30. The van der Waals surface area contributed by atoms with E-state index in [0.29, 0.717) is 6.07 Å². The van der Waals surface area contributed by atoms with Crippen LogP contribution < -0.4 is 10.6 Å². The molecule has 0 aromatic heterocycles. The van der Waals surface area contributed by atoms with Gasteiger partial charge < -0.3 is 15.7 Å². The minimum absolute atomic E-state index is 0.107. The van der Waals surface area contributed by atoms with Crippen molar-refractivity contribution in [1.82, 2.24) is 5.32 Å². The minimum Gasteiger partial charge on any atom is -0.506 e. The summed E-state index contributed by atoms with van der Waals surface area (Å²) >= 11 is 0. The van der Waals surface area contributed by atoms with Crippen molar-refractivity contribution in [2.24, 2.45) is 0 Å². The molecule has 2 aromatic carbocycles. The van der Waals surface area contributed by atoms with Gasteiger partial charge in [-0.25, -0.2) is 8.78 Å². The number of hydrogen-bond donors (Lipinski definition) is 3. The third-order valence-corrected chi connectivity index (χ3v) is 3.67. The highest BCUT2D eigenvalue weighted by Gasteiger charge is 2.17. The molecule has 0 atom stereocenters. The average Bonchev–Trinajstić information content (AvgIpc) is 2.52. The molecule has 2 rings (SSSR count). The molecule has 0 aliphatic heterocycles. The van der Waals surface area contributed by atoms with E-state index in [1.54, 1.807) is 12.1 Å². The van der Waals surface area contributed by atoms with E-state index in [0.717, 1.165) is 17.7 Å². The van der Waals surface area contributed by atoms with Crippen LogP contribution in [-0.2, 0) is 10.2 Å².